The summed E-state index contributed by atoms with van der Waals surface area (Å²) in [6.45, 7) is 5.45. The third-order valence-electron chi connectivity index (χ3n) is 2.16. The smallest absolute Gasteiger partial charge is 0.161 e. The van der Waals surface area contributed by atoms with Gasteiger partial charge in [-0.2, -0.15) is 0 Å². The lowest BCUT2D eigenvalue weighted by atomic mass is 10.0. The molecule has 0 aromatic carbocycles. The number of rotatable bonds is 3. The van der Waals surface area contributed by atoms with Gasteiger partial charge in [0.25, 0.3) is 0 Å². The van der Waals surface area contributed by atoms with Gasteiger partial charge in [-0.25, -0.2) is 0 Å². The minimum absolute atomic E-state index is 0.0682. The van der Waals surface area contributed by atoms with Crippen LogP contribution < -0.4 is 0 Å². The first-order chi connectivity index (χ1) is 7.40. The average Bonchev–Trinajstić information content (AvgIpc) is 2.11. The molecule has 0 amide bonds. The van der Waals surface area contributed by atoms with Crippen LogP contribution in [0, 0.1) is 13.8 Å². The molecule has 0 unspecified atom stereocenters. The van der Waals surface area contributed by atoms with E-state index in [-0.39, 0.29) is 5.78 Å². The van der Waals surface area contributed by atoms with E-state index >= 15 is 0 Å². The van der Waals surface area contributed by atoms with E-state index in [9.17, 15) is 4.79 Å². The normalized spacial score (nSPS) is 11.4. The van der Waals surface area contributed by atoms with Crippen LogP contribution in [0.5, 0.6) is 0 Å². The van der Waals surface area contributed by atoms with Crippen molar-refractivity contribution in [3.05, 3.63) is 35.3 Å². The van der Waals surface area contributed by atoms with Crippen LogP contribution in [0.2, 0.25) is 0 Å². The number of aryl methyl sites for hydroxylation is 2. The van der Waals surface area contributed by atoms with E-state index in [1.165, 1.54) is 0 Å². The number of Topliss-reactive ketones (excluding diaryl/α,β-unsaturated/α-hetero) is 1. The topological polar surface area (TPSA) is 33.2 Å². The number of carbonyl (C=O) groups excluding carboxylic acids is 1. The van der Waals surface area contributed by atoms with Crippen molar-refractivity contribution in [2.45, 2.75) is 20.8 Å². The summed E-state index contributed by atoms with van der Waals surface area (Å²) in [5.41, 5.74) is 3.52. The lowest BCUT2D eigenvalue weighted by Crippen LogP contribution is -2.07. The molecule has 1 aromatic rings. The largest absolute Gasteiger partial charge is 0.383 e. The van der Waals surface area contributed by atoms with E-state index in [1.807, 2.05) is 51.2 Å². The van der Waals surface area contributed by atoms with E-state index < -0.39 is 0 Å². The quantitative estimate of drug-likeness (QED) is 0.729. The van der Waals surface area contributed by atoms with Gasteiger partial charge in [-0.3, -0.25) is 9.78 Å². The second-order valence-corrected chi connectivity index (χ2v) is 4.20. The number of allylic oxidation sites excluding steroid dienone is 1. The average molecular weight is 218 g/mol. The van der Waals surface area contributed by atoms with E-state index in [0.717, 1.165) is 22.5 Å². The molecule has 1 heterocycles. The number of aromatic nitrogens is 1. The monoisotopic (exact) mass is 218 g/mol. The van der Waals surface area contributed by atoms with Crippen LogP contribution in [-0.4, -0.2) is 29.8 Å². The van der Waals surface area contributed by atoms with E-state index in [4.69, 9.17) is 0 Å². The molecule has 0 aliphatic heterocycles. The van der Waals surface area contributed by atoms with Crippen molar-refractivity contribution in [1.82, 2.24) is 9.88 Å². The third-order valence-corrected chi connectivity index (χ3v) is 2.16. The Kier molecular flexibility index (Phi) is 3.82. The minimum Gasteiger partial charge on any atom is -0.383 e. The maximum atomic E-state index is 11.6. The first kappa shape index (κ1) is 12.4. The molecule has 3 nitrogen and oxygen atoms in total. The van der Waals surface area contributed by atoms with Gasteiger partial charge in [0.2, 0.25) is 0 Å². The first-order valence-corrected chi connectivity index (χ1v) is 5.25. The molecule has 0 fully saturated rings. The van der Waals surface area contributed by atoms with Crippen LogP contribution in [0.1, 0.15) is 23.9 Å². The summed E-state index contributed by atoms with van der Waals surface area (Å²) in [7, 11) is 3.81. The van der Waals surface area contributed by atoms with Crippen LogP contribution in [0.15, 0.2) is 18.3 Å². The number of hydrogen-bond acceptors (Lipinski definition) is 3. The van der Waals surface area contributed by atoms with Crippen LogP contribution in [-0.2, 0) is 4.79 Å². The summed E-state index contributed by atoms with van der Waals surface area (Å²) in [4.78, 5) is 17.8. The molecule has 0 spiro atoms. The molecule has 3 heteroatoms. The molecule has 0 saturated heterocycles. The van der Waals surface area contributed by atoms with E-state index in [0.29, 0.717) is 0 Å². The van der Waals surface area contributed by atoms with Crippen molar-refractivity contribution in [3.63, 3.8) is 0 Å². The third kappa shape index (κ3) is 3.19. The van der Waals surface area contributed by atoms with Gasteiger partial charge in [-0.1, -0.05) is 0 Å². The number of pyridine rings is 1. The van der Waals surface area contributed by atoms with Gasteiger partial charge >= 0.3 is 0 Å². The van der Waals surface area contributed by atoms with Gasteiger partial charge in [0, 0.05) is 37.3 Å². The van der Waals surface area contributed by atoms with E-state index in [1.54, 1.807) is 6.92 Å². The molecule has 0 saturated carbocycles. The van der Waals surface area contributed by atoms with Gasteiger partial charge in [0.05, 0.1) is 0 Å². The number of carbonyl (C=O) groups is 1. The fraction of sp³-hybridized carbons (Fsp3) is 0.385. The molecular formula is C13H18N2O. The Morgan fingerprint density at radius 3 is 2.12 bits per heavy atom. The highest BCUT2D eigenvalue weighted by atomic mass is 16.1. The lowest BCUT2D eigenvalue weighted by Gasteiger charge is -2.11. The molecule has 0 atom stereocenters. The molecule has 0 aliphatic carbocycles. The Hall–Kier alpha value is -1.64. The van der Waals surface area contributed by atoms with Gasteiger partial charge in [0.1, 0.15) is 0 Å². The van der Waals surface area contributed by atoms with Crippen molar-refractivity contribution in [2.75, 3.05) is 14.1 Å². The van der Waals surface area contributed by atoms with Crippen LogP contribution in [0.4, 0.5) is 0 Å². The van der Waals surface area contributed by atoms with Gasteiger partial charge < -0.3 is 4.90 Å². The van der Waals surface area contributed by atoms with E-state index in [2.05, 4.69) is 4.98 Å². The Labute approximate surface area is 96.8 Å². The fourth-order valence-electron chi connectivity index (χ4n) is 1.62. The zero-order valence-corrected chi connectivity index (χ0v) is 10.5. The second kappa shape index (κ2) is 4.92. The predicted octanol–water partition coefficient (Wildman–Crippen LogP) is 2.19. The van der Waals surface area contributed by atoms with Gasteiger partial charge in [-0.05, 0) is 38.5 Å². The summed E-state index contributed by atoms with van der Waals surface area (Å²) >= 11 is 0. The van der Waals surface area contributed by atoms with Crippen molar-refractivity contribution in [3.8, 4) is 0 Å². The van der Waals surface area contributed by atoms with Crippen LogP contribution >= 0.6 is 0 Å². The molecule has 0 bridgehead atoms. The molecule has 1 rings (SSSR count). The number of nitrogens with zero attached hydrogens (tertiary/aromatic N) is 2. The van der Waals surface area contributed by atoms with Crippen molar-refractivity contribution in [2.24, 2.45) is 0 Å². The number of ketones is 1. The van der Waals surface area contributed by atoms with Crippen LogP contribution in [0.25, 0.3) is 5.57 Å². The maximum Gasteiger partial charge on any atom is 0.161 e. The Morgan fingerprint density at radius 2 is 1.75 bits per heavy atom. The van der Waals surface area contributed by atoms with Crippen LogP contribution in [0.3, 0.4) is 0 Å². The standard InChI is InChI=1S/C13H18N2O/c1-9-6-12(7-10(2)14-9)13(11(3)16)8-15(4)5/h6-8H,1-5H3. The maximum absolute atomic E-state index is 11.6. The molecule has 0 N–H and O–H groups in total. The molecular weight excluding hydrogens is 200 g/mol. The Bertz CT molecular complexity index is 413. The van der Waals surface area contributed by atoms with Crippen molar-refractivity contribution < 1.29 is 4.79 Å². The zero-order valence-electron chi connectivity index (χ0n) is 10.5. The predicted molar refractivity (Wildman–Crippen MR) is 66.1 cm³/mol. The van der Waals surface area contributed by atoms with Crippen molar-refractivity contribution in [1.29, 1.82) is 0 Å². The Balaban J connectivity index is 3.27. The fourth-order valence-corrected chi connectivity index (χ4v) is 1.62. The SMILES string of the molecule is CC(=O)C(=CN(C)C)c1cc(C)nc(C)c1. The summed E-state index contributed by atoms with van der Waals surface area (Å²) in [5, 5.41) is 0. The Morgan fingerprint density at radius 1 is 1.25 bits per heavy atom. The first-order valence-electron chi connectivity index (χ1n) is 5.25. The van der Waals surface area contributed by atoms with Gasteiger partial charge in [0.15, 0.2) is 5.78 Å². The molecule has 86 valence electrons. The summed E-state index contributed by atoms with van der Waals surface area (Å²) < 4.78 is 0. The molecule has 16 heavy (non-hydrogen) atoms. The molecule has 1 aromatic heterocycles. The molecule has 0 aliphatic rings. The van der Waals surface area contributed by atoms with Crippen molar-refractivity contribution >= 4 is 11.4 Å². The highest BCUT2D eigenvalue weighted by Gasteiger charge is 2.09. The molecule has 0 radical (unpaired) electrons. The highest BCUT2D eigenvalue weighted by molar-refractivity contribution is 6.19. The summed E-state index contributed by atoms with van der Waals surface area (Å²) in [5.74, 6) is 0.0682. The highest BCUT2D eigenvalue weighted by Crippen LogP contribution is 2.17. The van der Waals surface area contributed by atoms with Gasteiger partial charge in [-0.15, -0.1) is 0 Å². The minimum atomic E-state index is 0.0682. The lowest BCUT2D eigenvalue weighted by molar-refractivity contribution is -0.111. The second-order valence-electron chi connectivity index (χ2n) is 4.20. The summed E-state index contributed by atoms with van der Waals surface area (Å²) in [6, 6.07) is 3.87. The summed E-state index contributed by atoms with van der Waals surface area (Å²) in [6.07, 6.45) is 1.84. The zero-order chi connectivity index (χ0) is 12.3. The number of hydrogen-bond donors (Lipinski definition) is 0.